The topological polar surface area (TPSA) is 137 Å². The number of nitro benzene ring substituents is 2. The van der Waals surface area contributed by atoms with E-state index in [1.165, 1.54) is 18.2 Å². The van der Waals surface area contributed by atoms with Crippen LogP contribution >= 0.6 is 11.8 Å². The van der Waals surface area contributed by atoms with Crippen molar-refractivity contribution in [2.24, 2.45) is 0 Å². The minimum atomic E-state index is -1.26. The number of nitro groups is 2. The van der Waals surface area contributed by atoms with Crippen LogP contribution < -0.4 is 0 Å². The Labute approximate surface area is 120 Å². The van der Waals surface area contributed by atoms with Crippen molar-refractivity contribution in [3.63, 3.8) is 0 Å². The molecule has 2 aromatic rings. The number of carboxylic acid groups (broad SMARTS) is 1. The van der Waals surface area contributed by atoms with Gasteiger partial charge in [-0.05, 0) is 30.0 Å². The minimum Gasteiger partial charge on any atom is -0.475 e. The monoisotopic (exact) mass is 310 g/mol. The van der Waals surface area contributed by atoms with Gasteiger partial charge in [-0.3, -0.25) is 20.2 Å². The molecule has 0 saturated heterocycles. The fraction of sp³-hybridized carbons (Fsp3) is 0. The molecular weight excluding hydrogens is 304 g/mol. The number of non-ortho nitro benzene ring substituents is 1. The minimum absolute atomic E-state index is 0.108. The second-order valence-electron chi connectivity index (χ2n) is 3.69. The molecule has 0 unspecified atom stereocenters. The molecule has 1 aromatic heterocycles. The summed E-state index contributed by atoms with van der Waals surface area (Å²) in [7, 11) is 0. The zero-order chi connectivity index (χ0) is 15.6. The number of aromatic carboxylic acids is 1. The Morgan fingerprint density at radius 3 is 2.38 bits per heavy atom. The van der Waals surface area contributed by atoms with E-state index in [0.29, 0.717) is 0 Å². The molecule has 21 heavy (non-hydrogen) atoms. The average Bonchev–Trinajstić information content (AvgIpc) is 2.87. The smallest absolute Gasteiger partial charge is 0.371 e. The third kappa shape index (κ3) is 3.17. The maximum absolute atomic E-state index is 10.9. The normalized spacial score (nSPS) is 10.3. The Morgan fingerprint density at radius 1 is 1.14 bits per heavy atom. The summed E-state index contributed by atoms with van der Waals surface area (Å²) in [6.45, 7) is 0. The van der Waals surface area contributed by atoms with Gasteiger partial charge in [-0.25, -0.2) is 4.79 Å². The highest BCUT2D eigenvalue weighted by Gasteiger charge is 2.21. The molecule has 108 valence electrons. The first kappa shape index (κ1) is 14.5. The lowest BCUT2D eigenvalue weighted by atomic mass is 10.3. The Kier molecular flexibility index (Phi) is 3.89. The molecule has 0 fully saturated rings. The van der Waals surface area contributed by atoms with Crippen molar-refractivity contribution >= 4 is 29.1 Å². The second kappa shape index (κ2) is 5.63. The molecule has 2 rings (SSSR count). The summed E-state index contributed by atoms with van der Waals surface area (Å²) in [6.07, 6.45) is 0. The third-order valence-corrected chi connectivity index (χ3v) is 3.34. The number of benzene rings is 1. The van der Waals surface area contributed by atoms with E-state index in [-0.39, 0.29) is 15.7 Å². The van der Waals surface area contributed by atoms with Crippen LogP contribution in [0.4, 0.5) is 11.4 Å². The number of hydrogen-bond donors (Lipinski definition) is 1. The van der Waals surface area contributed by atoms with E-state index in [9.17, 15) is 25.0 Å². The Balaban J connectivity index is 2.36. The fourth-order valence-corrected chi connectivity index (χ4v) is 2.31. The van der Waals surface area contributed by atoms with Crippen molar-refractivity contribution in [1.82, 2.24) is 0 Å². The predicted molar refractivity (Wildman–Crippen MR) is 69.5 cm³/mol. The van der Waals surface area contributed by atoms with E-state index < -0.39 is 27.2 Å². The van der Waals surface area contributed by atoms with Gasteiger partial charge < -0.3 is 9.52 Å². The van der Waals surface area contributed by atoms with Crippen molar-refractivity contribution in [3.8, 4) is 0 Å². The SMILES string of the molecule is O=C(O)c1ccc(Sc2ccc([N+](=O)[O-])cc2[N+](=O)[O-])o1. The number of furan rings is 1. The highest BCUT2D eigenvalue weighted by atomic mass is 32.2. The van der Waals surface area contributed by atoms with E-state index >= 15 is 0 Å². The van der Waals surface area contributed by atoms with Crippen LogP contribution in [0.2, 0.25) is 0 Å². The molecule has 0 aliphatic rings. The largest absolute Gasteiger partial charge is 0.475 e. The van der Waals surface area contributed by atoms with E-state index in [2.05, 4.69) is 0 Å². The molecule has 0 aliphatic carbocycles. The molecule has 10 heteroatoms. The van der Waals surface area contributed by atoms with Gasteiger partial charge in [0.05, 0.1) is 20.8 Å². The Hall–Kier alpha value is -2.88. The molecule has 0 aliphatic heterocycles. The Morgan fingerprint density at radius 2 is 1.86 bits per heavy atom. The van der Waals surface area contributed by atoms with Crippen molar-refractivity contribution in [2.75, 3.05) is 0 Å². The van der Waals surface area contributed by atoms with Gasteiger partial charge in [-0.2, -0.15) is 0 Å². The van der Waals surface area contributed by atoms with Gasteiger partial charge in [-0.15, -0.1) is 0 Å². The second-order valence-corrected chi connectivity index (χ2v) is 4.74. The van der Waals surface area contributed by atoms with E-state index in [0.717, 1.165) is 23.9 Å². The molecule has 0 spiro atoms. The first-order chi connectivity index (χ1) is 9.88. The van der Waals surface area contributed by atoms with Gasteiger partial charge in [0.25, 0.3) is 11.4 Å². The summed E-state index contributed by atoms with van der Waals surface area (Å²) < 4.78 is 4.97. The molecule has 0 amide bonds. The average molecular weight is 310 g/mol. The summed E-state index contributed by atoms with van der Waals surface area (Å²) in [5.74, 6) is -1.57. The molecule has 0 radical (unpaired) electrons. The molecule has 0 saturated carbocycles. The summed E-state index contributed by atoms with van der Waals surface area (Å²) in [5.41, 5.74) is -0.862. The van der Waals surface area contributed by atoms with E-state index in [1.54, 1.807) is 0 Å². The molecule has 0 bridgehead atoms. The van der Waals surface area contributed by atoms with Crippen LogP contribution in [0.3, 0.4) is 0 Å². The summed E-state index contributed by atoms with van der Waals surface area (Å²) in [6, 6.07) is 5.73. The van der Waals surface area contributed by atoms with E-state index in [1.807, 2.05) is 0 Å². The lowest BCUT2D eigenvalue weighted by Crippen LogP contribution is -1.94. The Bertz CT molecular complexity index is 740. The van der Waals surface area contributed by atoms with Crippen molar-refractivity contribution in [1.29, 1.82) is 0 Å². The standard InChI is InChI=1S/C11H6N2O7S/c14-11(15)8-2-4-10(20-8)21-9-3-1-6(12(16)17)5-7(9)13(18)19/h1-5H,(H,14,15). The number of hydrogen-bond acceptors (Lipinski definition) is 7. The maximum atomic E-state index is 10.9. The number of carbonyl (C=O) groups is 1. The first-order valence-electron chi connectivity index (χ1n) is 5.32. The zero-order valence-electron chi connectivity index (χ0n) is 10.1. The number of carboxylic acids is 1. The summed E-state index contributed by atoms with van der Waals surface area (Å²) in [5, 5.41) is 30.4. The van der Waals surface area contributed by atoms with Crippen LogP contribution in [0.15, 0.2) is 44.7 Å². The number of rotatable bonds is 5. The zero-order valence-corrected chi connectivity index (χ0v) is 10.9. The van der Waals surface area contributed by atoms with Crippen LogP contribution in [0.1, 0.15) is 10.6 Å². The molecule has 0 atom stereocenters. The molecule has 1 aromatic carbocycles. The lowest BCUT2D eigenvalue weighted by molar-refractivity contribution is -0.396. The van der Waals surface area contributed by atoms with Crippen molar-refractivity contribution < 1.29 is 24.2 Å². The lowest BCUT2D eigenvalue weighted by Gasteiger charge is -2.00. The van der Waals surface area contributed by atoms with Gasteiger partial charge in [0, 0.05) is 6.07 Å². The highest BCUT2D eigenvalue weighted by Crippen LogP contribution is 2.37. The predicted octanol–water partition coefficient (Wildman–Crippen LogP) is 2.95. The van der Waals surface area contributed by atoms with Gasteiger partial charge in [0.15, 0.2) is 5.09 Å². The van der Waals surface area contributed by atoms with Crippen LogP contribution in [-0.4, -0.2) is 20.9 Å². The first-order valence-corrected chi connectivity index (χ1v) is 6.14. The van der Waals surface area contributed by atoms with Crippen LogP contribution in [-0.2, 0) is 0 Å². The van der Waals surface area contributed by atoms with E-state index in [4.69, 9.17) is 9.52 Å². The van der Waals surface area contributed by atoms with Gasteiger partial charge >= 0.3 is 5.97 Å². The molecule has 1 heterocycles. The fourth-order valence-electron chi connectivity index (χ4n) is 1.45. The number of nitrogens with zero attached hydrogens (tertiary/aromatic N) is 2. The van der Waals surface area contributed by atoms with Crippen LogP contribution in [0.25, 0.3) is 0 Å². The van der Waals surface area contributed by atoms with Crippen LogP contribution in [0.5, 0.6) is 0 Å². The van der Waals surface area contributed by atoms with Crippen LogP contribution in [0, 0.1) is 20.2 Å². The third-order valence-electron chi connectivity index (χ3n) is 2.35. The van der Waals surface area contributed by atoms with Gasteiger partial charge in [0.2, 0.25) is 5.76 Å². The van der Waals surface area contributed by atoms with Crippen molar-refractivity contribution in [3.05, 3.63) is 56.3 Å². The molecule has 9 nitrogen and oxygen atoms in total. The van der Waals surface area contributed by atoms with Gasteiger partial charge in [0.1, 0.15) is 0 Å². The quantitative estimate of drug-likeness (QED) is 0.657. The highest BCUT2D eigenvalue weighted by molar-refractivity contribution is 7.99. The molecule has 1 N–H and O–H groups in total. The van der Waals surface area contributed by atoms with Crippen molar-refractivity contribution in [2.45, 2.75) is 9.99 Å². The summed E-state index contributed by atoms with van der Waals surface area (Å²) >= 11 is 0.807. The molecular formula is C11H6N2O7S. The van der Waals surface area contributed by atoms with Gasteiger partial charge in [-0.1, -0.05) is 0 Å². The summed E-state index contributed by atoms with van der Waals surface area (Å²) in [4.78, 5) is 30.9. The maximum Gasteiger partial charge on any atom is 0.371 e.